The van der Waals surface area contributed by atoms with Crippen molar-refractivity contribution in [3.05, 3.63) is 119 Å². The van der Waals surface area contributed by atoms with Crippen molar-refractivity contribution in [2.75, 3.05) is 19.8 Å². The second-order valence-corrected chi connectivity index (χ2v) is 22.6. The molecule has 0 aromatic heterocycles. The van der Waals surface area contributed by atoms with E-state index in [1.54, 1.807) is 12.2 Å². The minimum atomic E-state index is -1.42. The molecule has 7 aliphatic carbocycles. The van der Waals surface area contributed by atoms with Gasteiger partial charge in [0.05, 0.1) is 18.6 Å². The number of aliphatic hydroxyl groups is 2. The van der Waals surface area contributed by atoms with Crippen molar-refractivity contribution in [3.8, 4) is 11.1 Å². The third-order valence-corrected chi connectivity index (χ3v) is 18.5. The molecule has 4 amide bonds. The van der Waals surface area contributed by atoms with E-state index in [2.05, 4.69) is 35.0 Å². The summed E-state index contributed by atoms with van der Waals surface area (Å²) in [4.78, 5) is 77.2. The van der Waals surface area contributed by atoms with Crippen LogP contribution in [-0.4, -0.2) is 95.2 Å². The highest BCUT2D eigenvalue weighted by atomic mass is 16.7. The van der Waals surface area contributed by atoms with E-state index in [0.717, 1.165) is 83.9 Å². The third-order valence-electron chi connectivity index (χ3n) is 18.5. The number of rotatable bonds is 14. The van der Waals surface area contributed by atoms with Crippen LogP contribution < -0.4 is 21.7 Å². The maximum absolute atomic E-state index is 14.0. The number of hydrogen-bond acceptors (Lipinski definition) is 11. The number of nitrogens with two attached hydrogens (primary N) is 1. The number of benzene rings is 3. The number of nitrogens with one attached hydrogen (secondary N) is 3. The zero-order valence-electron chi connectivity index (χ0n) is 40.8. The first kappa shape index (κ1) is 48.3. The molecule has 15 nitrogen and oxygen atoms in total. The lowest BCUT2D eigenvalue weighted by Gasteiger charge is -2.59. The maximum Gasteiger partial charge on any atom is 0.407 e. The highest BCUT2D eigenvalue weighted by Crippen LogP contribution is 2.70. The van der Waals surface area contributed by atoms with Gasteiger partial charge in [0.15, 0.2) is 23.5 Å². The van der Waals surface area contributed by atoms with Crippen LogP contribution in [0.4, 0.5) is 4.79 Å². The topological polar surface area (TPSA) is 233 Å². The van der Waals surface area contributed by atoms with Gasteiger partial charge in [-0.25, -0.2) is 4.79 Å². The quantitative estimate of drug-likeness (QED) is 0.120. The number of aliphatic hydroxyl groups excluding tert-OH is 2. The lowest BCUT2D eigenvalue weighted by molar-refractivity contribution is -0.201. The molecule has 10 atom stereocenters. The summed E-state index contributed by atoms with van der Waals surface area (Å²) in [5.41, 5.74) is 10.3. The Balaban J connectivity index is 0.640. The molecule has 1 spiro atoms. The average molecular weight is 981 g/mol. The summed E-state index contributed by atoms with van der Waals surface area (Å²) in [6.07, 6.45) is 8.88. The molecule has 0 bridgehead atoms. The molecule has 6 fully saturated rings. The van der Waals surface area contributed by atoms with Gasteiger partial charge in [-0.05, 0) is 121 Å². The van der Waals surface area contributed by atoms with Gasteiger partial charge >= 0.3 is 6.09 Å². The Labute approximate surface area is 418 Å². The fourth-order valence-electron chi connectivity index (χ4n) is 15.5. The molecule has 7 N–H and O–H groups in total. The van der Waals surface area contributed by atoms with Crippen molar-refractivity contribution < 1.29 is 53.2 Å². The number of ketones is 2. The summed E-state index contributed by atoms with van der Waals surface area (Å²) in [6.45, 7) is 3.09. The predicted molar refractivity (Wildman–Crippen MR) is 262 cm³/mol. The molecular formula is C57H64N4O11. The van der Waals surface area contributed by atoms with Crippen LogP contribution in [0.15, 0.2) is 96.6 Å². The minimum absolute atomic E-state index is 0.0128. The molecule has 378 valence electrons. The van der Waals surface area contributed by atoms with Crippen molar-refractivity contribution in [3.63, 3.8) is 0 Å². The summed E-state index contributed by atoms with van der Waals surface area (Å²) >= 11 is 0. The first-order chi connectivity index (χ1) is 34.5. The second kappa shape index (κ2) is 18.2. The smallest absolute Gasteiger partial charge is 0.407 e. The van der Waals surface area contributed by atoms with E-state index in [-0.39, 0.29) is 47.5 Å². The third kappa shape index (κ3) is 8.02. The van der Waals surface area contributed by atoms with E-state index < -0.39 is 90.1 Å². The Morgan fingerprint density at radius 2 is 1.61 bits per heavy atom. The van der Waals surface area contributed by atoms with Gasteiger partial charge < -0.3 is 46.1 Å². The number of carbonyl (C=O) groups excluding carboxylic acids is 6. The Bertz CT molecular complexity index is 2730. The number of fused-ring (bicyclic) bond motifs is 10. The molecule has 8 aliphatic rings. The first-order valence-corrected chi connectivity index (χ1v) is 25.7. The van der Waals surface area contributed by atoms with E-state index in [9.17, 15) is 39.0 Å². The molecule has 11 rings (SSSR count). The van der Waals surface area contributed by atoms with Crippen LogP contribution in [0.2, 0.25) is 0 Å². The van der Waals surface area contributed by atoms with Gasteiger partial charge in [-0.1, -0.05) is 98.3 Å². The summed E-state index contributed by atoms with van der Waals surface area (Å²) < 4.78 is 19.0. The predicted octanol–water partition coefficient (Wildman–Crippen LogP) is 5.41. The van der Waals surface area contributed by atoms with Crippen molar-refractivity contribution in [2.45, 2.75) is 120 Å². The fraction of sp³-hybridized carbons (Fsp3) is 0.509. The molecule has 5 saturated carbocycles. The molecule has 1 aliphatic heterocycles. The maximum atomic E-state index is 14.0. The van der Waals surface area contributed by atoms with Gasteiger partial charge in [-0.2, -0.15) is 0 Å². The number of carbonyl (C=O) groups is 6. The lowest BCUT2D eigenvalue weighted by Crippen LogP contribution is -2.63. The normalized spacial score (nSPS) is 34.9. The van der Waals surface area contributed by atoms with Gasteiger partial charge in [0.2, 0.25) is 17.7 Å². The molecule has 0 unspecified atom stereocenters. The molecule has 72 heavy (non-hydrogen) atoms. The standard InChI is InChI=1S/C57H64N4O11/c1-54-18-17-36(63)20-34(54)15-16-41-43-21-47-57(46(65)29-62,55(43,2)27-45(64)50(41)54)72-52(71-47)33-13-11-31(12-14-33)19-32-23-56(24-32)25-35(26-56)60-51(68)44(22-48(58)66)61-49(67)28-59-53(69)70-30-42-39-9-5-3-7-37(39)38-8-4-6-10-40(38)42/h3-14,17-18,20,32,35,41-45,47,50,52,62,64H,15-16,19,21-30H2,1-2H3,(H2,58,66)(H,59,69)(H,60,68)(H,61,67)/t32?,35?,41-,43-,44-,45-,47+,50+,52+,54-,55-,56?,57+/m0/s1. The Kier molecular flexibility index (Phi) is 12.2. The monoisotopic (exact) mass is 980 g/mol. The first-order valence-electron chi connectivity index (χ1n) is 25.7. The average Bonchev–Trinajstić information content (AvgIpc) is 3.96. The highest BCUT2D eigenvalue weighted by Gasteiger charge is 2.76. The van der Waals surface area contributed by atoms with Crippen LogP contribution >= 0.6 is 0 Å². The van der Waals surface area contributed by atoms with E-state index in [0.29, 0.717) is 18.8 Å². The number of alkyl carbamates (subject to hydrolysis) is 1. The van der Waals surface area contributed by atoms with Gasteiger partial charge in [0.1, 0.15) is 25.8 Å². The molecule has 3 aromatic carbocycles. The van der Waals surface area contributed by atoms with Crippen molar-refractivity contribution in [1.82, 2.24) is 16.0 Å². The van der Waals surface area contributed by atoms with Crippen LogP contribution in [0.1, 0.15) is 106 Å². The Hall–Kier alpha value is -6.00. The highest BCUT2D eigenvalue weighted by molar-refractivity contribution is 6.01. The number of hydrogen-bond donors (Lipinski definition) is 6. The second-order valence-electron chi connectivity index (χ2n) is 22.6. The summed E-state index contributed by atoms with van der Waals surface area (Å²) in [7, 11) is 0. The van der Waals surface area contributed by atoms with Crippen molar-refractivity contribution in [1.29, 1.82) is 0 Å². The van der Waals surface area contributed by atoms with Gasteiger partial charge in [-0.15, -0.1) is 0 Å². The number of amides is 4. The van der Waals surface area contributed by atoms with Gasteiger partial charge in [-0.3, -0.25) is 24.0 Å². The van der Waals surface area contributed by atoms with Crippen LogP contribution in [0.25, 0.3) is 11.1 Å². The number of primary amides is 1. The summed E-state index contributed by atoms with van der Waals surface area (Å²) in [5.74, 6) is -2.06. The fourth-order valence-corrected chi connectivity index (χ4v) is 15.5. The number of allylic oxidation sites excluding steroid dienone is 4. The van der Waals surface area contributed by atoms with Crippen LogP contribution in [0.5, 0.6) is 0 Å². The van der Waals surface area contributed by atoms with Crippen molar-refractivity contribution in [2.24, 2.45) is 45.7 Å². The lowest BCUT2D eigenvalue weighted by atomic mass is 9.46. The molecule has 15 heteroatoms. The van der Waals surface area contributed by atoms with Crippen LogP contribution in [0, 0.1) is 39.9 Å². The van der Waals surface area contributed by atoms with Crippen LogP contribution in [0.3, 0.4) is 0 Å². The number of ether oxygens (including phenoxy) is 3. The molecule has 1 saturated heterocycles. The number of Topliss-reactive ketones (excluding diaryl/α,β-unsaturated/α-hetero) is 1. The minimum Gasteiger partial charge on any atom is -0.449 e. The van der Waals surface area contributed by atoms with E-state index in [4.69, 9.17) is 19.9 Å². The Morgan fingerprint density at radius 1 is 0.917 bits per heavy atom. The van der Waals surface area contributed by atoms with E-state index >= 15 is 0 Å². The Morgan fingerprint density at radius 3 is 2.29 bits per heavy atom. The summed E-state index contributed by atoms with van der Waals surface area (Å²) in [5, 5.41) is 30.4. The largest absolute Gasteiger partial charge is 0.449 e. The van der Waals surface area contributed by atoms with Gasteiger partial charge in [0, 0.05) is 34.3 Å². The van der Waals surface area contributed by atoms with E-state index in [1.807, 2.05) is 73.7 Å². The van der Waals surface area contributed by atoms with Crippen LogP contribution in [-0.2, 0) is 44.6 Å². The molecular weight excluding hydrogens is 917 g/mol. The van der Waals surface area contributed by atoms with Gasteiger partial charge in [0.25, 0.3) is 0 Å². The van der Waals surface area contributed by atoms with E-state index in [1.165, 1.54) is 0 Å². The molecule has 3 aromatic rings. The van der Waals surface area contributed by atoms with Crippen molar-refractivity contribution >= 4 is 35.4 Å². The zero-order chi connectivity index (χ0) is 50.3. The summed E-state index contributed by atoms with van der Waals surface area (Å²) in [6, 6.07) is 22.8. The molecule has 0 radical (unpaired) electrons. The SMILES string of the molecule is C[C@]12C=CC(=O)C=C1CC[C@@H]1[C@@H]2[C@@H](O)C[C@@]2(C)[C@H]1C[C@H]1O[C@@H](c3ccc(CC4CC5(C4)CC(NC(=O)[C@H](CC(N)=O)NC(=O)CNC(=O)OCC4c6ccccc6-c6ccccc64)C5)cc3)O[C@]12C(=O)CO. The molecule has 1 heterocycles. The zero-order valence-corrected chi connectivity index (χ0v) is 40.8.